The summed E-state index contributed by atoms with van der Waals surface area (Å²) in [5, 5.41) is 0. The van der Waals surface area contributed by atoms with Crippen molar-refractivity contribution in [3.63, 3.8) is 0 Å². The molecule has 2 aromatic carbocycles. The van der Waals surface area contributed by atoms with Gasteiger partial charge in [-0.1, -0.05) is 18.2 Å². The third-order valence-electron chi connectivity index (χ3n) is 2.99. The van der Waals surface area contributed by atoms with Gasteiger partial charge in [0.1, 0.15) is 5.82 Å². The summed E-state index contributed by atoms with van der Waals surface area (Å²) >= 11 is 0. The molecule has 0 saturated carbocycles. The molecule has 0 aliphatic rings. The van der Waals surface area contributed by atoms with Crippen LogP contribution in [0.5, 0.6) is 0 Å². The van der Waals surface area contributed by atoms with Crippen LogP contribution in [-0.2, 0) is 0 Å². The topological polar surface area (TPSA) is 58.4 Å². The van der Waals surface area contributed by atoms with E-state index in [4.69, 9.17) is 5.84 Å². The highest BCUT2D eigenvalue weighted by Gasteiger charge is 2.18. The summed E-state index contributed by atoms with van der Waals surface area (Å²) in [4.78, 5) is 14.1. The molecule has 0 atom stereocenters. The maximum atomic E-state index is 13.3. The van der Waals surface area contributed by atoms with Gasteiger partial charge < -0.3 is 10.3 Å². The van der Waals surface area contributed by atoms with Gasteiger partial charge in [-0.05, 0) is 37.3 Å². The van der Waals surface area contributed by atoms with E-state index in [2.05, 4.69) is 5.43 Å². The van der Waals surface area contributed by atoms with Gasteiger partial charge in [-0.15, -0.1) is 0 Å². The number of hydrogen-bond acceptors (Lipinski definition) is 3. The number of nitrogen functional groups attached to an aromatic ring is 1. The van der Waals surface area contributed by atoms with Crippen molar-refractivity contribution in [1.82, 2.24) is 0 Å². The summed E-state index contributed by atoms with van der Waals surface area (Å²) < 4.78 is 13.3. The highest BCUT2D eigenvalue weighted by Crippen LogP contribution is 2.21. The molecule has 0 aromatic heterocycles. The number of anilines is 2. The van der Waals surface area contributed by atoms with Crippen molar-refractivity contribution in [3.8, 4) is 0 Å². The molecule has 0 fully saturated rings. The van der Waals surface area contributed by atoms with Gasteiger partial charge in [-0.2, -0.15) is 0 Å². The van der Waals surface area contributed by atoms with Crippen molar-refractivity contribution >= 4 is 17.3 Å². The summed E-state index contributed by atoms with van der Waals surface area (Å²) in [7, 11) is 0. The minimum Gasteiger partial charge on any atom is -0.323 e. The number of para-hydroxylation sites is 1. The lowest BCUT2D eigenvalue weighted by molar-refractivity contribution is 0.0989. The minimum atomic E-state index is -0.376. The number of carbonyl (C=O) groups excluding carboxylic acids is 1. The summed E-state index contributed by atoms with van der Waals surface area (Å²) in [5.41, 5.74) is 3.99. The van der Waals surface area contributed by atoms with Crippen molar-refractivity contribution in [2.75, 3.05) is 16.9 Å². The zero-order valence-electron chi connectivity index (χ0n) is 11.1. The van der Waals surface area contributed by atoms with E-state index in [1.807, 2.05) is 6.92 Å². The largest absolute Gasteiger partial charge is 0.323 e. The van der Waals surface area contributed by atoms with Crippen LogP contribution >= 0.6 is 0 Å². The van der Waals surface area contributed by atoms with E-state index in [1.165, 1.54) is 17.0 Å². The predicted octanol–water partition coefficient (Wildman–Crippen LogP) is 2.78. The average molecular weight is 273 g/mol. The van der Waals surface area contributed by atoms with Gasteiger partial charge in [0, 0.05) is 12.2 Å². The van der Waals surface area contributed by atoms with Crippen LogP contribution in [0.15, 0.2) is 48.5 Å². The Kier molecular flexibility index (Phi) is 4.32. The molecule has 0 bridgehead atoms. The fourth-order valence-corrected chi connectivity index (χ4v) is 2.03. The Morgan fingerprint density at radius 2 is 2.00 bits per heavy atom. The van der Waals surface area contributed by atoms with E-state index < -0.39 is 0 Å². The van der Waals surface area contributed by atoms with E-state index in [0.29, 0.717) is 23.5 Å². The van der Waals surface area contributed by atoms with Gasteiger partial charge in [-0.25, -0.2) is 4.39 Å². The first-order valence-electron chi connectivity index (χ1n) is 6.30. The summed E-state index contributed by atoms with van der Waals surface area (Å²) in [6, 6.07) is 12.9. The molecule has 4 nitrogen and oxygen atoms in total. The summed E-state index contributed by atoms with van der Waals surface area (Å²) in [6.07, 6.45) is 0. The van der Waals surface area contributed by atoms with Crippen LogP contribution in [0.1, 0.15) is 17.3 Å². The molecule has 0 radical (unpaired) electrons. The Balaban J connectivity index is 2.39. The van der Waals surface area contributed by atoms with E-state index in [1.54, 1.807) is 36.4 Å². The zero-order chi connectivity index (χ0) is 14.5. The SMILES string of the molecule is CCN(C(=O)c1ccccc1NN)c1cccc(F)c1. The Bertz CT molecular complexity index is 616. The zero-order valence-corrected chi connectivity index (χ0v) is 11.1. The monoisotopic (exact) mass is 273 g/mol. The minimum absolute atomic E-state index is 0.230. The van der Waals surface area contributed by atoms with Crippen LogP contribution in [0, 0.1) is 5.82 Å². The Labute approximate surface area is 117 Å². The number of halogens is 1. The second-order valence-corrected chi connectivity index (χ2v) is 4.22. The average Bonchev–Trinajstić information content (AvgIpc) is 2.48. The number of hydrogen-bond donors (Lipinski definition) is 2. The second-order valence-electron chi connectivity index (χ2n) is 4.22. The Morgan fingerprint density at radius 3 is 2.65 bits per heavy atom. The molecular weight excluding hydrogens is 257 g/mol. The number of amides is 1. The van der Waals surface area contributed by atoms with Crippen LogP contribution in [0.4, 0.5) is 15.8 Å². The first-order chi connectivity index (χ1) is 9.67. The van der Waals surface area contributed by atoms with Crippen molar-refractivity contribution in [2.24, 2.45) is 5.84 Å². The molecule has 0 heterocycles. The van der Waals surface area contributed by atoms with Crippen LogP contribution in [-0.4, -0.2) is 12.5 Å². The molecule has 0 aliphatic heterocycles. The van der Waals surface area contributed by atoms with Crippen LogP contribution in [0.25, 0.3) is 0 Å². The quantitative estimate of drug-likeness (QED) is 0.665. The lowest BCUT2D eigenvalue weighted by Gasteiger charge is -2.22. The summed E-state index contributed by atoms with van der Waals surface area (Å²) in [5.74, 6) is 4.81. The maximum Gasteiger partial charge on any atom is 0.260 e. The number of benzene rings is 2. The van der Waals surface area contributed by atoms with Gasteiger partial charge in [0.2, 0.25) is 0 Å². The molecule has 0 spiro atoms. The first kappa shape index (κ1) is 14.0. The lowest BCUT2D eigenvalue weighted by atomic mass is 10.1. The molecule has 0 aliphatic carbocycles. The third kappa shape index (κ3) is 2.78. The number of rotatable bonds is 4. The molecule has 0 saturated heterocycles. The number of nitrogens with two attached hydrogens (primary N) is 1. The fourth-order valence-electron chi connectivity index (χ4n) is 2.03. The molecule has 5 heteroatoms. The molecule has 1 amide bonds. The number of nitrogens with one attached hydrogen (secondary N) is 1. The lowest BCUT2D eigenvalue weighted by Crippen LogP contribution is -2.31. The van der Waals surface area contributed by atoms with Crippen molar-refractivity contribution in [3.05, 3.63) is 59.9 Å². The molecule has 20 heavy (non-hydrogen) atoms. The van der Waals surface area contributed by atoms with Crippen LogP contribution in [0.3, 0.4) is 0 Å². The Morgan fingerprint density at radius 1 is 1.25 bits per heavy atom. The van der Waals surface area contributed by atoms with Crippen molar-refractivity contribution in [1.29, 1.82) is 0 Å². The highest BCUT2D eigenvalue weighted by atomic mass is 19.1. The van der Waals surface area contributed by atoms with Crippen molar-refractivity contribution < 1.29 is 9.18 Å². The maximum absolute atomic E-state index is 13.3. The molecule has 3 N–H and O–H groups in total. The highest BCUT2D eigenvalue weighted by molar-refractivity contribution is 6.09. The predicted molar refractivity (Wildman–Crippen MR) is 78.0 cm³/mol. The number of hydrazine groups is 1. The standard InChI is InChI=1S/C15H16FN3O/c1-2-19(12-7-5-6-11(16)10-12)15(20)13-8-3-4-9-14(13)18-17/h3-10,18H,2,17H2,1H3. The number of nitrogens with zero attached hydrogens (tertiary/aromatic N) is 1. The van der Waals surface area contributed by atoms with Crippen molar-refractivity contribution in [2.45, 2.75) is 6.92 Å². The fraction of sp³-hybridized carbons (Fsp3) is 0.133. The molecule has 2 aromatic rings. The van der Waals surface area contributed by atoms with E-state index in [9.17, 15) is 9.18 Å². The second kappa shape index (κ2) is 6.16. The van der Waals surface area contributed by atoms with Crippen LogP contribution in [0.2, 0.25) is 0 Å². The summed E-state index contributed by atoms with van der Waals surface area (Å²) in [6.45, 7) is 2.27. The van der Waals surface area contributed by atoms with Gasteiger partial charge in [0.15, 0.2) is 0 Å². The first-order valence-corrected chi connectivity index (χ1v) is 6.30. The van der Waals surface area contributed by atoms with Gasteiger partial charge in [-0.3, -0.25) is 10.6 Å². The number of carbonyl (C=O) groups is 1. The van der Waals surface area contributed by atoms with Gasteiger partial charge in [0.25, 0.3) is 5.91 Å². The third-order valence-corrected chi connectivity index (χ3v) is 2.99. The normalized spacial score (nSPS) is 10.2. The molecule has 2 rings (SSSR count). The Hall–Kier alpha value is -2.40. The van der Waals surface area contributed by atoms with Gasteiger partial charge in [0.05, 0.1) is 11.3 Å². The van der Waals surface area contributed by atoms with Crippen LogP contribution < -0.4 is 16.2 Å². The molecule has 104 valence electrons. The van der Waals surface area contributed by atoms with E-state index >= 15 is 0 Å². The smallest absolute Gasteiger partial charge is 0.260 e. The molecular formula is C15H16FN3O. The molecule has 0 unspecified atom stereocenters. The van der Waals surface area contributed by atoms with Gasteiger partial charge >= 0.3 is 0 Å². The van der Waals surface area contributed by atoms with E-state index in [0.717, 1.165) is 0 Å². The van der Waals surface area contributed by atoms with E-state index in [-0.39, 0.29) is 11.7 Å².